The molecule has 78 valence electrons. The van der Waals surface area contributed by atoms with Gasteiger partial charge >= 0.3 is 0 Å². The number of nitriles is 1. The van der Waals surface area contributed by atoms with Gasteiger partial charge in [0.25, 0.3) is 0 Å². The highest BCUT2D eigenvalue weighted by Gasteiger charge is 2.14. The van der Waals surface area contributed by atoms with Crippen LogP contribution in [-0.2, 0) is 0 Å². The monoisotopic (exact) mass is 202 g/mol. The Labute approximate surface area is 89.6 Å². The van der Waals surface area contributed by atoms with Gasteiger partial charge in [0.05, 0.1) is 11.3 Å². The number of piperidine rings is 1. The zero-order chi connectivity index (χ0) is 10.7. The van der Waals surface area contributed by atoms with Crippen LogP contribution in [0.5, 0.6) is 5.75 Å². The van der Waals surface area contributed by atoms with Gasteiger partial charge in [-0.15, -0.1) is 0 Å². The summed E-state index contributed by atoms with van der Waals surface area (Å²) in [5, 5.41) is 18.4. The summed E-state index contributed by atoms with van der Waals surface area (Å²) in [6, 6.07) is 7.09. The third-order valence-corrected chi connectivity index (χ3v) is 2.80. The minimum atomic E-state index is 0.231. The number of benzene rings is 1. The second kappa shape index (κ2) is 4.22. The standard InChI is InChI=1S/C12H14N2O/c13-9-10-4-5-11(15)8-12(10)14-6-2-1-3-7-14/h4-5,8,15H,1-3,6-7H2. The van der Waals surface area contributed by atoms with Crippen LogP contribution in [-0.4, -0.2) is 18.2 Å². The number of hydrogen-bond acceptors (Lipinski definition) is 3. The minimum Gasteiger partial charge on any atom is -0.508 e. The molecule has 3 nitrogen and oxygen atoms in total. The van der Waals surface area contributed by atoms with Crippen molar-refractivity contribution < 1.29 is 5.11 Å². The first kappa shape index (κ1) is 9.85. The van der Waals surface area contributed by atoms with Gasteiger partial charge in [-0.1, -0.05) is 0 Å². The van der Waals surface area contributed by atoms with Crippen LogP contribution in [0.2, 0.25) is 0 Å². The zero-order valence-corrected chi connectivity index (χ0v) is 8.61. The van der Waals surface area contributed by atoms with Crippen molar-refractivity contribution in [2.75, 3.05) is 18.0 Å². The van der Waals surface area contributed by atoms with Crippen LogP contribution in [0.3, 0.4) is 0 Å². The lowest BCUT2D eigenvalue weighted by Gasteiger charge is -2.29. The Hall–Kier alpha value is -1.69. The van der Waals surface area contributed by atoms with Gasteiger partial charge in [-0.3, -0.25) is 0 Å². The fourth-order valence-corrected chi connectivity index (χ4v) is 2.01. The van der Waals surface area contributed by atoms with E-state index in [4.69, 9.17) is 5.26 Å². The van der Waals surface area contributed by atoms with Crippen LogP contribution in [0.4, 0.5) is 5.69 Å². The summed E-state index contributed by atoms with van der Waals surface area (Å²) in [7, 11) is 0. The first-order chi connectivity index (χ1) is 7.31. The molecule has 0 spiro atoms. The van der Waals surface area contributed by atoms with Crippen molar-refractivity contribution in [2.24, 2.45) is 0 Å². The number of hydrogen-bond donors (Lipinski definition) is 1. The van der Waals surface area contributed by atoms with Gasteiger partial charge < -0.3 is 10.0 Å². The summed E-state index contributed by atoms with van der Waals surface area (Å²) in [5.74, 6) is 0.231. The molecule has 1 aromatic carbocycles. The van der Waals surface area contributed by atoms with E-state index in [1.165, 1.54) is 19.3 Å². The maximum atomic E-state index is 9.43. The summed E-state index contributed by atoms with van der Waals surface area (Å²) in [6.45, 7) is 1.97. The molecule has 0 radical (unpaired) electrons. The van der Waals surface area contributed by atoms with Crippen molar-refractivity contribution in [1.82, 2.24) is 0 Å². The predicted molar refractivity (Wildman–Crippen MR) is 58.9 cm³/mol. The third kappa shape index (κ3) is 2.04. The van der Waals surface area contributed by atoms with Gasteiger partial charge in [0.15, 0.2) is 0 Å². The molecule has 1 N–H and O–H groups in total. The minimum absolute atomic E-state index is 0.231. The van der Waals surface area contributed by atoms with Gasteiger partial charge in [0.1, 0.15) is 11.8 Å². The number of aromatic hydroxyl groups is 1. The quantitative estimate of drug-likeness (QED) is 0.759. The van der Waals surface area contributed by atoms with E-state index < -0.39 is 0 Å². The van der Waals surface area contributed by atoms with E-state index in [0.717, 1.165) is 18.8 Å². The lowest BCUT2D eigenvalue weighted by molar-refractivity contribution is 0.474. The molecule has 3 heteroatoms. The molecule has 0 saturated carbocycles. The normalized spacial score (nSPS) is 16.1. The Kier molecular flexibility index (Phi) is 2.77. The highest BCUT2D eigenvalue weighted by molar-refractivity contribution is 5.62. The van der Waals surface area contributed by atoms with Gasteiger partial charge in [-0.25, -0.2) is 0 Å². The van der Waals surface area contributed by atoms with E-state index >= 15 is 0 Å². The lowest BCUT2D eigenvalue weighted by atomic mass is 10.1. The number of anilines is 1. The van der Waals surface area contributed by atoms with Crippen molar-refractivity contribution in [2.45, 2.75) is 19.3 Å². The van der Waals surface area contributed by atoms with E-state index in [0.29, 0.717) is 5.56 Å². The Balaban J connectivity index is 2.32. The van der Waals surface area contributed by atoms with Gasteiger partial charge in [-0.2, -0.15) is 5.26 Å². The van der Waals surface area contributed by atoms with Crippen LogP contribution in [0.1, 0.15) is 24.8 Å². The molecule has 1 aliphatic heterocycles. The molecule has 1 fully saturated rings. The molecule has 2 rings (SSSR count). The second-order valence-corrected chi connectivity index (χ2v) is 3.86. The highest BCUT2D eigenvalue weighted by atomic mass is 16.3. The molecule has 0 bridgehead atoms. The maximum Gasteiger partial charge on any atom is 0.117 e. The summed E-state index contributed by atoms with van der Waals surface area (Å²) in [5.41, 5.74) is 1.52. The molecule has 1 saturated heterocycles. The molecule has 0 aromatic heterocycles. The van der Waals surface area contributed by atoms with Crippen molar-refractivity contribution in [3.63, 3.8) is 0 Å². The largest absolute Gasteiger partial charge is 0.508 e. The average molecular weight is 202 g/mol. The summed E-state index contributed by atoms with van der Waals surface area (Å²) in [4.78, 5) is 2.18. The Morgan fingerprint density at radius 2 is 1.93 bits per heavy atom. The smallest absolute Gasteiger partial charge is 0.117 e. The van der Waals surface area contributed by atoms with E-state index in [-0.39, 0.29) is 5.75 Å². The lowest BCUT2D eigenvalue weighted by Crippen LogP contribution is -2.29. The fourth-order valence-electron chi connectivity index (χ4n) is 2.01. The first-order valence-corrected chi connectivity index (χ1v) is 5.29. The molecular weight excluding hydrogens is 188 g/mol. The molecule has 15 heavy (non-hydrogen) atoms. The van der Waals surface area contributed by atoms with Gasteiger partial charge in [-0.05, 0) is 31.4 Å². The zero-order valence-electron chi connectivity index (χ0n) is 8.61. The molecule has 1 aliphatic rings. The van der Waals surface area contributed by atoms with Crippen molar-refractivity contribution >= 4 is 5.69 Å². The first-order valence-electron chi connectivity index (χ1n) is 5.29. The topological polar surface area (TPSA) is 47.3 Å². The molecule has 0 atom stereocenters. The summed E-state index contributed by atoms with van der Waals surface area (Å²) >= 11 is 0. The molecule has 0 unspecified atom stereocenters. The Morgan fingerprint density at radius 3 is 2.60 bits per heavy atom. The average Bonchev–Trinajstić information content (AvgIpc) is 2.30. The maximum absolute atomic E-state index is 9.43. The van der Waals surface area contributed by atoms with Crippen molar-refractivity contribution in [1.29, 1.82) is 5.26 Å². The van der Waals surface area contributed by atoms with Crippen LogP contribution >= 0.6 is 0 Å². The summed E-state index contributed by atoms with van der Waals surface area (Å²) < 4.78 is 0. The molecule has 0 amide bonds. The van der Waals surface area contributed by atoms with Crippen LogP contribution in [0.25, 0.3) is 0 Å². The molecule has 0 aliphatic carbocycles. The van der Waals surface area contributed by atoms with Crippen LogP contribution < -0.4 is 4.90 Å². The van der Waals surface area contributed by atoms with Crippen molar-refractivity contribution in [3.05, 3.63) is 23.8 Å². The van der Waals surface area contributed by atoms with Crippen LogP contribution in [0, 0.1) is 11.3 Å². The van der Waals surface area contributed by atoms with E-state index in [1.807, 2.05) is 0 Å². The molecule has 1 aromatic rings. The third-order valence-electron chi connectivity index (χ3n) is 2.80. The van der Waals surface area contributed by atoms with Crippen LogP contribution in [0.15, 0.2) is 18.2 Å². The number of rotatable bonds is 1. The SMILES string of the molecule is N#Cc1ccc(O)cc1N1CCCCC1. The van der Waals surface area contributed by atoms with E-state index in [2.05, 4.69) is 11.0 Å². The molecule has 1 heterocycles. The number of nitrogens with zero attached hydrogens (tertiary/aromatic N) is 2. The van der Waals surface area contributed by atoms with Gasteiger partial charge in [0.2, 0.25) is 0 Å². The second-order valence-electron chi connectivity index (χ2n) is 3.86. The Bertz CT molecular complexity index is 389. The predicted octanol–water partition coefficient (Wildman–Crippen LogP) is 2.25. The van der Waals surface area contributed by atoms with E-state index in [9.17, 15) is 5.11 Å². The summed E-state index contributed by atoms with van der Waals surface area (Å²) in [6.07, 6.45) is 3.60. The number of phenolic OH excluding ortho intramolecular Hbond substituents is 1. The Morgan fingerprint density at radius 1 is 1.20 bits per heavy atom. The highest BCUT2D eigenvalue weighted by Crippen LogP contribution is 2.27. The van der Waals surface area contributed by atoms with Gasteiger partial charge in [0, 0.05) is 19.2 Å². The van der Waals surface area contributed by atoms with E-state index in [1.54, 1.807) is 18.2 Å². The fraction of sp³-hybridized carbons (Fsp3) is 0.417. The van der Waals surface area contributed by atoms with Crippen molar-refractivity contribution in [3.8, 4) is 11.8 Å². The molecular formula is C12H14N2O. The number of phenols is 1.